The van der Waals surface area contributed by atoms with Crippen LogP contribution in [0.15, 0.2) is 52.9 Å². The molecule has 1 saturated heterocycles. The van der Waals surface area contributed by atoms with Crippen molar-refractivity contribution in [3.05, 3.63) is 65.4 Å². The first-order valence-electron chi connectivity index (χ1n) is 11.1. The van der Waals surface area contributed by atoms with Gasteiger partial charge < -0.3 is 25.1 Å². The number of carbonyl (C=O) groups is 3. The topological polar surface area (TPSA) is 156 Å². The summed E-state index contributed by atoms with van der Waals surface area (Å²) in [6.07, 6.45) is 0. The lowest BCUT2D eigenvalue weighted by molar-refractivity contribution is -0.125. The number of aromatic amines is 1. The second-order valence-electron chi connectivity index (χ2n) is 8.73. The Morgan fingerprint density at radius 3 is 2.64 bits per heavy atom. The summed E-state index contributed by atoms with van der Waals surface area (Å²) in [5.41, 5.74) is 7.30. The van der Waals surface area contributed by atoms with E-state index in [2.05, 4.69) is 20.8 Å². The highest BCUT2D eigenvalue weighted by Gasteiger charge is 2.51. The molecule has 3 heterocycles. The highest BCUT2D eigenvalue weighted by molar-refractivity contribution is 6.08. The Bertz CT molecular complexity index is 1520. The van der Waals surface area contributed by atoms with E-state index in [1.54, 1.807) is 43.4 Å². The third-order valence-electron chi connectivity index (χ3n) is 6.28. The minimum atomic E-state index is -1.62. The zero-order valence-electron chi connectivity index (χ0n) is 19.8. The molecule has 0 aliphatic carbocycles. The van der Waals surface area contributed by atoms with E-state index < -0.39 is 17.5 Å². The Morgan fingerprint density at radius 1 is 1.17 bits per heavy atom. The lowest BCUT2D eigenvalue weighted by Crippen LogP contribution is -2.52. The zero-order chi connectivity index (χ0) is 25.6. The fourth-order valence-electron chi connectivity index (χ4n) is 4.35. The number of carbonyl (C=O) groups excluding carboxylic acids is 3. The predicted octanol–water partition coefficient (Wildman–Crippen LogP) is 2.53. The second kappa shape index (κ2) is 8.45. The van der Waals surface area contributed by atoms with Crippen LogP contribution in [0.3, 0.4) is 0 Å². The molecule has 11 heteroatoms. The molecule has 36 heavy (non-hydrogen) atoms. The normalized spacial score (nSPS) is 17.2. The number of H-pyrrole nitrogens is 1. The molecule has 1 atom stereocenters. The van der Waals surface area contributed by atoms with E-state index in [0.29, 0.717) is 28.1 Å². The Balaban J connectivity index is 1.52. The average molecular weight is 489 g/mol. The van der Waals surface area contributed by atoms with Crippen molar-refractivity contribution in [2.24, 2.45) is 0 Å². The maximum absolute atomic E-state index is 13.3. The van der Waals surface area contributed by atoms with Crippen molar-refractivity contribution >= 4 is 34.6 Å². The van der Waals surface area contributed by atoms with Gasteiger partial charge in [0.2, 0.25) is 0 Å². The summed E-state index contributed by atoms with van der Waals surface area (Å²) in [4.78, 5) is 40.0. The number of hydrogen-bond acceptors (Lipinski definition) is 7. The van der Waals surface area contributed by atoms with E-state index in [1.165, 1.54) is 12.0 Å². The van der Waals surface area contributed by atoms with Gasteiger partial charge in [-0.25, -0.2) is 4.79 Å². The fourth-order valence-corrected chi connectivity index (χ4v) is 4.35. The number of methoxy groups -OCH3 is 1. The number of nitrogens with two attached hydrogens (primary N) is 1. The highest BCUT2D eigenvalue weighted by atomic mass is 16.5. The van der Waals surface area contributed by atoms with Gasteiger partial charge in [-0.1, -0.05) is 6.07 Å². The summed E-state index contributed by atoms with van der Waals surface area (Å²) in [6.45, 7) is 1.65. The molecular weight excluding hydrogens is 464 g/mol. The van der Waals surface area contributed by atoms with Crippen LogP contribution in [-0.4, -0.2) is 53.6 Å². The first-order valence-corrected chi connectivity index (χ1v) is 11.1. The van der Waals surface area contributed by atoms with Crippen LogP contribution < -0.4 is 21.1 Å². The number of nitrogens with zero attached hydrogens (tertiary/aromatic N) is 2. The van der Waals surface area contributed by atoms with Gasteiger partial charge in [0.25, 0.3) is 11.8 Å². The van der Waals surface area contributed by atoms with Gasteiger partial charge in [-0.15, -0.1) is 0 Å². The average Bonchev–Trinajstić information content (AvgIpc) is 3.55. The number of amides is 4. The molecule has 1 aliphatic heterocycles. The number of rotatable bonds is 6. The van der Waals surface area contributed by atoms with E-state index in [1.807, 2.05) is 19.1 Å². The minimum absolute atomic E-state index is 0.163. The molecule has 0 radical (unpaired) electrons. The van der Waals surface area contributed by atoms with Crippen molar-refractivity contribution in [2.75, 3.05) is 26.4 Å². The summed E-state index contributed by atoms with van der Waals surface area (Å²) in [6, 6.07) is 13.3. The molecule has 1 aliphatic rings. The molecule has 2 aromatic heterocycles. The van der Waals surface area contributed by atoms with Crippen molar-refractivity contribution < 1.29 is 23.5 Å². The molecule has 4 aromatic rings. The van der Waals surface area contributed by atoms with Gasteiger partial charge in [-0.3, -0.25) is 20.0 Å². The van der Waals surface area contributed by atoms with Gasteiger partial charge >= 0.3 is 6.03 Å². The number of aryl methyl sites for hydroxylation is 1. The summed E-state index contributed by atoms with van der Waals surface area (Å²) >= 11 is 0. The maximum atomic E-state index is 13.3. The molecule has 2 aromatic carbocycles. The lowest BCUT2D eigenvalue weighted by Gasteiger charge is -2.29. The molecule has 11 nitrogen and oxygen atoms in total. The Hall–Kier alpha value is -4.80. The summed E-state index contributed by atoms with van der Waals surface area (Å²) in [7, 11) is 3.08. The van der Waals surface area contributed by atoms with E-state index >= 15 is 0 Å². The number of nitrogens with one attached hydrogen (secondary N) is 3. The molecule has 0 spiro atoms. The van der Waals surface area contributed by atoms with E-state index in [4.69, 9.17) is 14.9 Å². The summed E-state index contributed by atoms with van der Waals surface area (Å²) < 4.78 is 11.3. The number of ether oxygens (including phenoxy) is 1. The number of benzene rings is 2. The smallest absolute Gasteiger partial charge is 0.322 e. The van der Waals surface area contributed by atoms with Crippen molar-refractivity contribution in [2.45, 2.75) is 12.5 Å². The van der Waals surface area contributed by atoms with Gasteiger partial charge in [0, 0.05) is 29.6 Å². The largest absolute Gasteiger partial charge is 0.497 e. The monoisotopic (exact) mass is 488 g/mol. The lowest BCUT2D eigenvalue weighted by atomic mass is 9.94. The number of aromatic nitrogens is 2. The van der Waals surface area contributed by atoms with Crippen molar-refractivity contribution in [1.29, 1.82) is 0 Å². The number of hydrogen-bond donors (Lipinski definition) is 4. The highest BCUT2D eigenvalue weighted by Crippen LogP contribution is 2.34. The minimum Gasteiger partial charge on any atom is -0.497 e. The molecule has 1 fully saturated rings. The number of urea groups is 1. The zero-order valence-corrected chi connectivity index (χ0v) is 19.8. The van der Waals surface area contributed by atoms with Gasteiger partial charge in [0.05, 0.1) is 19.3 Å². The van der Waals surface area contributed by atoms with E-state index in [9.17, 15) is 14.4 Å². The Kier molecular flexibility index (Phi) is 5.39. The number of likely N-dealkylation sites (N-methyl/N-ethyl adjacent to an activating group) is 1. The quantitative estimate of drug-likeness (QED) is 0.304. The molecule has 0 saturated carbocycles. The van der Waals surface area contributed by atoms with Crippen molar-refractivity contribution in [1.82, 2.24) is 25.7 Å². The maximum Gasteiger partial charge on any atom is 0.322 e. The van der Waals surface area contributed by atoms with Crippen LogP contribution in [0.2, 0.25) is 0 Å². The summed E-state index contributed by atoms with van der Waals surface area (Å²) in [5, 5.41) is 12.4. The molecule has 1 unspecified atom stereocenters. The Labute approximate surface area is 205 Å². The van der Waals surface area contributed by atoms with Crippen LogP contribution in [0.4, 0.5) is 10.6 Å². The first kappa shape index (κ1) is 23.0. The fraction of sp³-hybridized carbons (Fsp3) is 0.200. The van der Waals surface area contributed by atoms with Crippen LogP contribution in [0.5, 0.6) is 5.75 Å². The van der Waals surface area contributed by atoms with E-state index in [0.717, 1.165) is 16.8 Å². The molecule has 4 amide bonds. The van der Waals surface area contributed by atoms with Crippen molar-refractivity contribution in [3.8, 4) is 17.0 Å². The number of fused-ring (bicyclic) bond motifs is 1. The molecular formula is C25H24N6O5. The van der Waals surface area contributed by atoms with Crippen LogP contribution in [0, 0.1) is 6.92 Å². The number of furan rings is 1. The third kappa shape index (κ3) is 3.80. The van der Waals surface area contributed by atoms with Gasteiger partial charge in [-0.05, 0) is 48.9 Å². The van der Waals surface area contributed by atoms with Crippen LogP contribution in [0.1, 0.15) is 21.7 Å². The summed E-state index contributed by atoms with van der Waals surface area (Å²) in [5.74, 6) is 0.140. The second-order valence-corrected chi connectivity index (χ2v) is 8.73. The number of anilines is 1. The van der Waals surface area contributed by atoms with Crippen molar-refractivity contribution in [3.63, 3.8) is 0 Å². The first-order chi connectivity index (χ1) is 17.2. The van der Waals surface area contributed by atoms with Crippen LogP contribution in [0.25, 0.3) is 22.2 Å². The Morgan fingerprint density at radius 2 is 1.97 bits per heavy atom. The molecule has 0 bridgehead atoms. The van der Waals surface area contributed by atoms with Gasteiger partial charge in [0.15, 0.2) is 5.54 Å². The standard InChI is InChI=1S/C25H24N6O5/c1-13-4-6-16(35-3)10-17(13)22(32)31(2)12-25(23(33)27-24(34)28-25)20-9-15-8-14(5-7-19(15)36-20)18-11-21(26)30-29-18/h4-11H,12H2,1-3H3,(H3,26,29,30)(H2,27,28,33,34). The van der Waals surface area contributed by atoms with E-state index in [-0.39, 0.29) is 18.2 Å². The number of imide groups is 1. The van der Waals surface area contributed by atoms with Gasteiger partial charge in [0.1, 0.15) is 22.9 Å². The van der Waals surface area contributed by atoms with Crippen LogP contribution >= 0.6 is 0 Å². The van der Waals surface area contributed by atoms with Crippen LogP contribution in [-0.2, 0) is 10.3 Å². The van der Waals surface area contributed by atoms with Gasteiger partial charge in [-0.2, -0.15) is 5.10 Å². The predicted molar refractivity (Wildman–Crippen MR) is 131 cm³/mol. The molecule has 184 valence electrons. The number of nitrogen functional groups attached to an aromatic ring is 1. The molecule has 5 N–H and O–H groups in total. The third-order valence-corrected chi connectivity index (χ3v) is 6.28. The SMILES string of the molecule is COc1ccc(C)c(C(=O)N(C)CC2(c3cc4cc(-c5cc(N)n[nH]5)ccc4o3)NC(=O)NC2=O)c1. The molecule has 5 rings (SSSR count).